The molecule has 27 heavy (non-hydrogen) atoms. The monoisotopic (exact) mass is 360 g/mol. The first kappa shape index (κ1) is 18.0. The molecule has 3 heteroatoms. The van der Waals surface area contributed by atoms with E-state index in [1.807, 2.05) is 25.1 Å². The number of hydrogen-bond donors (Lipinski definition) is 1. The number of carbonyl (C=O) groups excluding carboxylic acids is 1. The van der Waals surface area contributed by atoms with Crippen LogP contribution in [0.15, 0.2) is 59.7 Å². The molecule has 2 fully saturated rings. The summed E-state index contributed by atoms with van der Waals surface area (Å²) < 4.78 is 0. The molecule has 2 aliphatic carbocycles. The summed E-state index contributed by atoms with van der Waals surface area (Å²) in [5, 5.41) is 4.34. The highest BCUT2D eigenvalue weighted by atomic mass is 16.2. The molecular formula is C24H28N2O. The summed E-state index contributed by atoms with van der Waals surface area (Å²) >= 11 is 0. The molecule has 1 amide bonds. The third kappa shape index (κ3) is 4.29. The van der Waals surface area contributed by atoms with Crippen LogP contribution in [0.2, 0.25) is 0 Å². The SMILES string of the molecule is CC(=NNC(=O)[C@@H]1C[C@@H]1c1ccccc1)c1ccc(C2CCCCC2)cc1. The van der Waals surface area contributed by atoms with Gasteiger partial charge in [0.25, 0.3) is 0 Å². The highest BCUT2D eigenvalue weighted by molar-refractivity contribution is 5.99. The minimum absolute atomic E-state index is 0.0297. The first-order valence-corrected chi connectivity index (χ1v) is 10.2. The Labute approximate surface area is 161 Å². The van der Waals surface area contributed by atoms with Crippen molar-refractivity contribution in [3.63, 3.8) is 0 Å². The van der Waals surface area contributed by atoms with Gasteiger partial charge in [0.1, 0.15) is 0 Å². The Hall–Kier alpha value is -2.42. The minimum atomic E-state index is 0.0297. The number of benzene rings is 2. The van der Waals surface area contributed by atoms with E-state index in [0.717, 1.165) is 23.6 Å². The molecule has 0 bridgehead atoms. The zero-order valence-electron chi connectivity index (χ0n) is 16.0. The summed E-state index contributed by atoms with van der Waals surface area (Å²) in [4.78, 5) is 12.4. The lowest BCUT2D eigenvalue weighted by molar-refractivity contribution is -0.122. The van der Waals surface area contributed by atoms with Crippen LogP contribution in [0.1, 0.15) is 74.0 Å². The van der Waals surface area contributed by atoms with Crippen molar-refractivity contribution in [3.8, 4) is 0 Å². The van der Waals surface area contributed by atoms with Gasteiger partial charge in [0.05, 0.1) is 5.71 Å². The molecule has 1 N–H and O–H groups in total. The van der Waals surface area contributed by atoms with Crippen molar-refractivity contribution in [2.45, 2.75) is 57.3 Å². The van der Waals surface area contributed by atoms with Crippen molar-refractivity contribution in [3.05, 3.63) is 71.3 Å². The van der Waals surface area contributed by atoms with E-state index < -0.39 is 0 Å². The van der Waals surface area contributed by atoms with Crippen LogP contribution in [0.25, 0.3) is 0 Å². The van der Waals surface area contributed by atoms with E-state index in [-0.39, 0.29) is 11.8 Å². The first-order valence-electron chi connectivity index (χ1n) is 10.2. The van der Waals surface area contributed by atoms with Crippen molar-refractivity contribution in [2.75, 3.05) is 0 Å². The molecule has 0 radical (unpaired) electrons. The topological polar surface area (TPSA) is 41.5 Å². The van der Waals surface area contributed by atoms with Crippen LogP contribution in [-0.4, -0.2) is 11.6 Å². The number of rotatable bonds is 5. The average molecular weight is 361 g/mol. The molecule has 140 valence electrons. The van der Waals surface area contributed by atoms with Crippen LogP contribution in [0.5, 0.6) is 0 Å². The van der Waals surface area contributed by atoms with Crippen molar-refractivity contribution < 1.29 is 4.79 Å². The van der Waals surface area contributed by atoms with Gasteiger partial charge in [0.15, 0.2) is 0 Å². The van der Waals surface area contributed by atoms with Crippen molar-refractivity contribution in [2.24, 2.45) is 11.0 Å². The molecule has 2 atom stereocenters. The van der Waals surface area contributed by atoms with Gasteiger partial charge in [-0.25, -0.2) is 5.43 Å². The summed E-state index contributed by atoms with van der Waals surface area (Å²) in [7, 11) is 0. The molecule has 0 aromatic heterocycles. The van der Waals surface area contributed by atoms with Gasteiger partial charge >= 0.3 is 0 Å². The molecule has 2 aliphatic rings. The van der Waals surface area contributed by atoms with E-state index in [2.05, 4.69) is 46.9 Å². The average Bonchev–Trinajstić information content (AvgIpc) is 3.54. The molecule has 0 unspecified atom stereocenters. The first-order chi connectivity index (χ1) is 13.2. The Kier molecular flexibility index (Phi) is 5.38. The summed E-state index contributed by atoms with van der Waals surface area (Å²) in [5.41, 5.74) is 7.39. The predicted octanol–water partition coefficient (Wildman–Crippen LogP) is 5.38. The fourth-order valence-electron chi connectivity index (χ4n) is 4.27. The van der Waals surface area contributed by atoms with Crippen molar-refractivity contribution >= 4 is 11.6 Å². The zero-order valence-corrected chi connectivity index (χ0v) is 16.0. The van der Waals surface area contributed by atoms with Crippen LogP contribution in [0, 0.1) is 5.92 Å². The van der Waals surface area contributed by atoms with Crippen LogP contribution in [-0.2, 0) is 4.79 Å². The van der Waals surface area contributed by atoms with Gasteiger partial charge in [-0.1, -0.05) is 73.9 Å². The summed E-state index contributed by atoms with van der Waals surface area (Å²) in [6, 6.07) is 19.0. The lowest BCUT2D eigenvalue weighted by Gasteiger charge is -2.22. The maximum Gasteiger partial charge on any atom is 0.243 e. The molecule has 3 nitrogen and oxygen atoms in total. The third-order valence-electron chi connectivity index (χ3n) is 6.09. The Morgan fingerprint density at radius 1 is 0.926 bits per heavy atom. The maximum atomic E-state index is 12.4. The second-order valence-electron chi connectivity index (χ2n) is 7.99. The van der Waals surface area contributed by atoms with Gasteiger partial charge in [-0.05, 0) is 54.7 Å². The fourth-order valence-corrected chi connectivity index (χ4v) is 4.27. The van der Waals surface area contributed by atoms with E-state index in [9.17, 15) is 4.79 Å². The van der Waals surface area contributed by atoms with Gasteiger partial charge in [0.2, 0.25) is 5.91 Å². The van der Waals surface area contributed by atoms with Gasteiger partial charge in [-0.3, -0.25) is 4.79 Å². The smallest absolute Gasteiger partial charge is 0.243 e. The van der Waals surface area contributed by atoms with Crippen LogP contribution in [0.4, 0.5) is 0 Å². The van der Waals surface area contributed by atoms with E-state index >= 15 is 0 Å². The van der Waals surface area contributed by atoms with Gasteiger partial charge in [0, 0.05) is 5.92 Å². The highest BCUT2D eigenvalue weighted by Gasteiger charge is 2.43. The molecular weight excluding hydrogens is 332 g/mol. The number of carbonyl (C=O) groups is 1. The predicted molar refractivity (Wildman–Crippen MR) is 110 cm³/mol. The Bertz CT molecular complexity index is 804. The summed E-state index contributed by atoms with van der Waals surface area (Å²) in [5.74, 6) is 1.14. The highest BCUT2D eigenvalue weighted by Crippen LogP contribution is 2.47. The molecule has 0 spiro atoms. The lowest BCUT2D eigenvalue weighted by atomic mass is 9.84. The quantitative estimate of drug-likeness (QED) is 0.564. The van der Waals surface area contributed by atoms with Crippen LogP contribution in [0.3, 0.4) is 0 Å². The molecule has 2 saturated carbocycles. The van der Waals surface area contributed by atoms with Crippen LogP contribution < -0.4 is 5.43 Å². The van der Waals surface area contributed by atoms with Gasteiger partial charge < -0.3 is 0 Å². The normalized spacial score (nSPS) is 23.1. The van der Waals surface area contributed by atoms with Crippen LogP contribution >= 0.6 is 0 Å². The maximum absolute atomic E-state index is 12.4. The molecule has 0 heterocycles. The van der Waals surface area contributed by atoms with Crippen molar-refractivity contribution in [1.29, 1.82) is 0 Å². The zero-order chi connectivity index (χ0) is 18.6. The number of amides is 1. The van der Waals surface area contributed by atoms with Gasteiger partial charge in [-0.15, -0.1) is 0 Å². The Morgan fingerprint density at radius 2 is 1.63 bits per heavy atom. The van der Waals surface area contributed by atoms with E-state index in [1.54, 1.807) is 0 Å². The minimum Gasteiger partial charge on any atom is -0.273 e. The Balaban J connectivity index is 1.33. The number of nitrogens with zero attached hydrogens (tertiary/aromatic N) is 1. The summed E-state index contributed by atoms with van der Waals surface area (Å²) in [6.07, 6.45) is 7.62. The largest absolute Gasteiger partial charge is 0.273 e. The Morgan fingerprint density at radius 3 is 2.33 bits per heavy atom. The summed E-state index contributed by atoms with van der Waals surface area (Å²) in [6.45, 7) is 1.96. The second kappa shape index (κ2) is 8.08. The molecule has 0 aliphatic heterocycles. The number of hydrazone groups is 1. The van der Waals surface area contributed by atoms with Gasteiger partial charge in [-0.2, -0.15) is 5.10 Å². The number of hydrogen-bond acceptors (Lipinski definition) is 2. The molecule has 4 rings (SSSR count). The standard InChI is InChI=1S/C24H28N2O/c1-17(18-12-14-20(15-13-18)19-8-4-2-5-9-19)25-26-24(27)23-16-22(23)21-10-6-3-7-11-21/h3,6-7,10-15,19,22-23H,2,4-5,8-9,16H2,1H3,(H,26,27)/t22-,23-/m1/s1. The molecule has 2 aromatic carbocycles. The van der Waals surface area contributed by atoms with E-state index in [0.29, 0.717) is 5.92 Å². The second-order valence-corrected chi connectivity index (χ2v) is 7.99. The van der Waals surface area contributed by atoms with Crippen molar-refractivity contribution in [1.82, 2.24) is 5.43 Å². The van der Waals surface area contributed by atoms with E-state index in [1.165, 1.54) is 43.2 Å². The fraction of sp³-hybridized carbons (Fsp3) is 0.417. The molecule has 0 saturated heterocycles. The molecule has 2 aromatic rings. The third-order valence-corrected chi connectivity index (χ3v) is 6.09. The number of nitrogens with one attached hydrogen (secondary N) is 1. The lowest BCUT2D eigenvalue weighted by Crippen LogP contribution is -2.21. The van der Waals surface area contributed by atoms with E-state index in [4.69, 9.17) is 0 Å².